The number of amides is 1. The Bertz CT molecular complexity index is 1240. The lowest BCUT2D eigenvalue weighted by molar-refractivity contribution is -0.168. The van der Waals surface area contributed by atoms with Gasteiger partial charge in [-0.25, -0.2) is 4.98 Å². The first kappa shape index (κ1) is 24.5. The molecule has 10 heteroatoms. The summed E-state index contributed by atoms with van der Waals surface area (Å²) in [4.78, 5) is 19.8. The first-order valence-electron chi connectivity index (χ1n) is 11.6. The van der Waals surface area contributed by atoms with Gasteiger partial charge >= 0.3 is 0 Å². The lowest BCUT2D eigenvalue weighted by Gasteiger charge is -2.35. The van der Waals surface area contributed by atoms with E-state index in [9.17, 15) is 4.79 Å². The van der Waals surface area contributed by atoms with Crippen LogP contribution in [0.15, 0.2) is 73.2 Å². The van der Waals surface area contributed by atoms with Gasteiger partial charge in [-0.2, -0.15) is 0 Å². The summed E-state index contributed by atoms with van der Waals surface area (Å²) < 4.78 is 20.2. The largest absolute Gasteiger partial charge is 0.461 e. The van der Waals surface area contributed by atoms with Gasteiger partial charge in [0.05, 0.1) is 17.9 Å². The van der Waals surface area contributed by atoms with Gasteiger partial charge in [-0.1, -0.05) is 23.2 Å². The number of hydrogen-bond donors (Lipinski definition) is 0. The highest BCUT2D eigenvalue weighted by Gasteiger charge is 2.44. The highest BCUT2D eigenvalue weighted by molar-refractivity contribution is 6.35. The number of carbonyl (C=O) groups is 1. The second-order valence-electron chi connectivity index (χ2n) is 8.69. The van der Waals surface area contributed by atoms with Gasteiger partial charge in [-0.15, -0.1) is 0 Å². The molecule has 2 aromatic carbocycles. The van der Waals surface area contributed by atoms with Crippen LogP contribution >= 0.6 is 23.2 Å². The van der Waals surface area contributed by atoms with Crippen molar-refractivity contribution in [2.45, 2.75) is 19.3 Å². The molecular weight excluding hydrogens is 503 g/mol. The third-order valence-electron chi connectivity index (χ3n) is 6.29. The summed E-state index contributed by atoms with van der Waals surface area (Å²) in [5.41, 5.74) is 1.76. The molecule has 0 bridgehead atoms. The van der Waals surface area contributed by atoms with Gasteiger partial charge in [0.2, 0.25) is 5.91 Å². The summed E-state index contributed by atoms with van der Waals surface area (Å²) in [6.45, 7) is 5.25. The molecule has 2 aliphatic heterocycles. The van der Waals surface area contributed by atoms with Crippen LogP contribution in [0, 0.1) is 0 Å². The van der Waals surface area contributed by atoms with Crippen LogP contribution in [0.3, 0.4) is 0 Å². The molecule has 2 fully saturated rings. The standard InChI is InChI=1S/C26H26Cl2N4O4/c1-19(33)31-10-12-32(13-11-31)21-3-5-22(6-4-21)34-15-23-16-35-26(36-23,17-30-9-8-29-18-30)24-7-2-20(27)14-25(24)28/h2-9,14-15,18H,10-13,16-17H2,1H3/t26-/m1/s1. The molecule has 3 heterocycles. The van der Waals surface area contributed by atoms with Gasteiger partial charge in [-0.05, 0) is 42.5 Å². The summed E-state index contributed by atoms with van der Waals surface area (Å²) in [6, 6.07) is 13.1. The third-order valence-corrected chi connectivity index (χ3v) is 6.84. The average molecular weight is 529 g/mol. The molecule has 0 spiro atoms. The topological polar surface area (TPSA) is 69.1 Å². The molecule has 188 valence electrons. The van der Waals surface area contributed by atoms with Crippen LogP contribution in [0.1, 0.15) is 12.5 Å². The van der Waals surface area contributed by atoms with Gasteiger partial charge in [-0.3, -0.25) is 4.79 Å². The van der Waals surface area contributed by atoms with Crippen molar-refractivity contribution in [1.29, 1.82) is 0 Å². The molecule has 5 rings (SSSR count). The fourth-order valence-electron chi connectivity index (χ4n) is 4.38. The number of imidazole rings is 1. The molecule has 0 radical (unpaired) electrons. The van der Waals surface area contributed by atoms with Crippen molar-refractivity contribution in [3.63, 3.8) is 0 Å². The lowest BCUT2D eigenvalue weighted by atomic mass is 10.1. The maximum absolute atomic E-state index is 11.5. The van der Waals surface area contributed by atoms with E-state index in [1.54, 1.807) is 43.9 Å². The summed E-state index contributed by atoms with van der Waals surface area (Å²) in [5.74, 6) is 0.181. The van der Waals surface area contributed by atoms with Crippen molar-refractivity contribution < 1.29 is 19.0 Å². The summed E-state index contributed by atoms with van der Waals surface area (Å²) >= 11 is 12.6. The Hall–Kier alpha value is -3.20. The predicted molar refractivity (Wildman–Crippen MR) is 137 cm³/mol. The monoisotopic (exact) mass is 528 g/mol. The molecule has 0 saturated carbocycles. The lowest BCUT2D eigenvalue weighted by Crippen LogP contribution is -2.48. The van der Waals surface area contributed by atoms with E-state index >= 15 is 0 Å². The molecule has 0 aliphatic carbocycles. The normalized spacial score (nSPS) is 21.0. The van der Waals surface area contributed by atoms with E-state index in [0.717, 1.165) is 31.9 Å². The predicted octanol–water partition coefficient (Wildman–Crippen LogP) is 4.68. The van der Waals surface area contributed by atoms with Crippen LogP contribution in [0.25, 0.3) is 0 Å². The van der Waals surface area contributed by atoms with Crippen LogP contribution in [-0.2, 0) is 26.6 Å². The number of rotatable bonds is 6. The minimum absolute atomic E-state index is 0.122. The number of hydrogen-bond acceptors (Lipinski definition) is 6. The minimum Gasteiger partial charge on any atom is -0.461 e. The zero-order chi connectivity index (χ0) is 25.1. The first-order chi connectivity index (χ1) is 17.4. The number of benzene rings is 2. The van der Waals surface area contributed by atoms with Crippen molar-refractivity contribution in [3.05, 3.63) is 88.8 Å². The number of nitrogens with zero attached hydrogens (tertiary/aromatic N) is 4. The molecule has 2 aliphatic rings. The second-order valence-corrected chi connectivity index (χ2v) is 9.54. The summed E-state index contributed by atoms with van der Waals surface area (Å²) in [5, 5.41) is 0.979. The minimum atomic E-state index is -1.15. The Morgan fingerprint density at radius 3 is 2.58 bits per heavy atom. The zero-order valence-corrected chi connectivity index (χ0v) is 21.3. The average Bonchev–Trinajstić information content (AvgIpc) is 3.54. The molecule has 0 unspecified atom stereocenters. The Morgan fingerprint density at radius 2 is 1.92 bits per heavy atom. The number of carbonyl (C=O) groups excluding carboxylic acids is 1. The van der Waals surface area contributed by atoms with E-state index in [0.29, 0.717) is 33.7 Å². The van der Waals surface area contributed by atoms with E-state index in [2.05, 4.69) is 9.88 Å². The van der Waals surface area contributed by atoms with E-state index < -0.39 is 5.79 Å². The third kappa shape index (κ3) is 5.31. The molecule has 1 aromatic heterocycles. The van der Waals surface area contributed by atoms with E-state index in [-0.39, 0.29) is 12.5 Å². The van der Waals surface area contributed by atoms with Gasteiger partial charge in [0, 0.05) is 61.8 Å². The zero-order valence-electron chi connectivity index (χ0n) is 19.8. The van der Waals surface area contributed by atoms with Crippen molar-refractivity contribution in [2.24, 2.45) is 0 Å². The number of aromatic nitrogens is 2. The number of piperazine rings is 1. The van der Waals surface area contributed by atoms with Gasteiger partial charge < -0.3 is 28.6 Å². The fourth-order valence-corrected chi connectivity index (χ4v) is 4.93. The quantitative estimate of drug-likeness (QED) is 0.432. The van der Waals surface area contributed by atoms with E-state index in [4.69, 9.17) is 37.4 Å². The maximum atomic E-state index is 11.5. The van der Waals surface area contributed by atoms with Gasteiger partial charge in [0.25, 0.3) is 5.79 Å². The van der Waals surface area contributed by atoms with Crippen molar-refractivity contribution >= 4 is 34.8 Å². The van der Waals surface area contributed by atoms with Crippen LogP contribution in [0.4, 0.5) is 5.69 Å². The van der Waals surface area contributed by atoms with E-state index in [1.807, 2.05) is 39.9 Å². The molecule has 2 saturated heterocycles. The first-order valence-corrected chi connectivity index (χ1v) is 12.4. The van der Waals surface area contributed by atoms with Gasteiger partial charge in [0.1, 0.15) is 18.6 Å². The van der Waals surface area contributed by atoms with Crippen LogP contribution in [-0.4, -0.2) is 53.1 Å². The van der Waals surface area contributed by atoms with Crippen molar-refractivity contribution in [2.75, 3.05) is 37.7 Å². The Morgan fingerprint density at radius 1 is 1.14 bits per heavy atom. The van der Waals surface area contributed by atoms with Crippen LogP contribution in [0.2, 0.25) is 10.0 Å². The van der Waals surface area contributed by atoms with E-state index in [1.165, 1.54) is 0 Å². The Balaban J connectivity index is 1.27. The molecule has 1 atom stereocenters. The fraction of sp³-hybridized carbons (Fsp3) is 0.308. The smallest absolute Gasteiger partial charge is 0.257 e. The number of anilines is 1. The molecule has 0 N–H and O–H groups in total. The number of halogens is 2. The highest BCUT2D eigenvalue weighted by Crippen LogP contribution is 2.41. The molecule has 8 nitrogen and oxygen atoms in total. The number of ether oxygens (including phenoxy) is 3. The molecule has 3 aromatic rings. The maximum Gasteiger partial charge on any atom is 0.257 e. The summed E-state index contributed by atoms with van der Waals surface area (Å²) in [7, 11) is 0. The molecule has 1 amide bonds. The van der Waals surface area contributed by atoms with Crippen LogP contribution in [0.5, 0.6) is 5.75 Å². The Kier molecular flexibility index (Phi) is 7.09. The Labute approximate surface area is 219 Å². The van der Waals surface area contributed by atoms with Crippen molar-refractivity contribution in [1.82, 2.24) is 14.5 Å². The van der Waals surface area contributed by atoms with Crippen LogP contribution < -0.4 is 9.64 Å². The highest BCUT2D eigenvalue weighted by atomic mass is 35.5. The SMILES string of the molecule is CC(=O)N1CCN(c2ccc(OC=C3CO[C@@](Cn4ccnc4)(c4ccc(Cl)cc4Cl)O3)cc2)CC1. The van der Waals surface area contributed by atoms with Crippen molar-refractivity contribution in [3.8, 4) is 5.75 Å². The summed E-state index contributed by atoms with van der Waals surface area (Å²) in [6.07, 6.45) is 6.77. The van der Waals surface area contributed by atoms with Gasteiger partial charge in [0.15, 0.2) is 5.76 Å². The second kappa shape index (κ2) is 10.4. The molecule has 36 heavy (non-hydrogen) atoms. The molecular formula is C26H26Cl2N4O4.